The minimum absolute atomic E-state index is 0.0729. The molecule has 0 aromatic carbocycles. The number of amidine groups is 1. The zero-order valence-electron chi connectivity index (χ0n) is 16.9. The first-order valence-corrected chi connectivity index (χ1v) is 9.35. The van der Waals surface area contributed by atoms with Gasteiger partial charge in [-0.3, -0.25) is 0 Å². The summed E-state index contributed by atoms with van der Waals surface area (Å²) in [5.41, 5.74) is 0.809. The lowest BCUT2D eigenvalue weighted by Gasteiger charge is -2.42. The summed E-state index contributed by atoms with van der Waals surface area (Å²) < 4.78 is 60.1. The molecule has 2 N–H and O–H groups in total. The molecule has 2 rings (SSSR count). The van der Waals surface area contributed by atoms with Gasteiger partial charge in [0, 0.05) is 13.1 Å². The van der Waals surface area contributed by atoms with E-state index in [4.69, 9.17) is 10.5 Å². The van der Waals surface area contributed by atoms with Crippen LogP contribution in [0.1, 0.15) is 53.4 Å². The number of carbonyl (C=O) groups excluding carboxylic acids is 2. The largest absolute Gasteiger partial charge is 0.444 e. The number of likely N-dealkylation sites (tertiary alicyclic amines) is 1. The van der Waals surface area contributed by atoms with Gasteiger partial charge in [-0.15, -0.1) is 0 Å². The van der Waals surface area contributed by atoms with E-state index >= 15 is 0 Å². The number of rotatable bonds is 3. The molecule has 0 aromatic heterocycles. The number of nitrogens with zero attached hydrogens (tertiary/aromatic N) is 2. The lowest BCUT2D eigenvalue weighted by molar-refractivity contribution is -0.210. The van der Waals surface area contributed by atoms with Gasteiger partial charge in [-0.25, -0.2) is 14.0 Å². The van der Waals surface area contributed by atoms with Gasteiger partial charge in [-0.2, -0.15) is 13.2 Å². The number of nitrogens with two attached hydrogens (primary N) is 1. The SMILES string of the molecule is CC1(F)CC(C(=O)O/N=C(\N)C2(C(F)(F)F)CCN(C(=O)OC(C)(C)C)CC2)C1. The number of oxime groups is 1. The first kappa shape index (κ1) is 23.2. The molecular weight excluding hydrogens is 398 g/mol. The van der Waals surface area contributed by atoms with Crippen LogP contribution in [0.15, 0.2) is 5.16 Å². The van der Waals surface area contributed by atoms with E-state index in [1.54, 1.807) is 20.8 Å². The quantitative estimate of drug-likeness (QED) is 0.246. The highest BCUT2D eigenvalue weighted by molar-refractivity contribution is 5.88. The highest BCUT2D eigenvalue weighted by atomic mass is 19.4. The zero-order valence-corrected chi connectivity index (χ0v) is 16.9. The first-order chi connectivity index (χ1) is 13.1. The number of halogens is 4. The maximum absolute atomic E-state index is 13.8. The first-order valence-electron chi connectivity index (χ1n) is 9.35. The van der Waals surface area contributed by atoms with Gasteiger partial charge >= 0.3 is 18.2 Å². The van der Waals surface area contributed by atoms with Gasteiger partial charge in [0.05, 0.1) is 5.92 Å². The van der Waals surface area contributed by atoms with Crippen molar-refractivity contribution in [1.29, 1.82) is 0 Å². The van der Waals surface area contributed by atoms with Crippen LogP contribution < -0.4 is 5.73 Å². The van der Waals surface area contributed by atoms with Crippen molar-refractivity contribution in [3.8, 4) is 0 Å². The molecule has 0 bridgehead atoms. The van der Waals surface area contributed by atoms with Gasteiger partial charge in [0.2, 0.25) is 0 Å². The number of hydrogen-bond donors (Lipinski definition) is 1. The van der Waals surface area contributed by atoms with E-state index in [-0.39, 0.29) is 25.9 Å². The van der Waals surface area contributed by atoms with Gasteiger partial charge in [0.15, 0.2) is 5.84 Å². The molecule has 29 heavy (non-hydrogen) atoms. The highest BCUT2D eigenvalue weighted by Gasteiger charge is 2.59. The van der Waals surface area contributed by atoms with E-state index in [0.29, 0.717) is 0 Å². The smallest absolute Gasteiger partial charge is 0.410 e. The molecule has 0 aromatic rings. The van der Waals surface area contributed by atoms with Crippen LogP contribution in [0.2, 0.25) is 0 Å². The summed E-state index contributed by atoms with van der Waals surface area (Å²) in [6.45, 7) is 5.79. The third-order valence-corrected chi connectivity index (χ3v) is 5.21. The third kappa shape index (κ3) is 5.30. The van der Waals surface area contributed by atoms with Crippen LogP contribution in [0.4, 0.5) is 22.4 Å². The van der Waals surface area contributed by atoms with Crippen molar-refractivity contribution in [2.75, 3.05) is 13.1 Å². The average Bonchev–Trinajstić information content (AvgIpc) is 2.54. The van der Waals surface area contributed by atoms with Gasteiger partial charge in [-0.05, 0) is 53.4 Å². The van der Waals surface area contributed by atoms with E-state index in [1.807, 2.05) is 0 Å². The van der Waals surface area contributed by atoms with Crippen LogP contribution in [0.5, 0.6) is 0 Å². The highest BCUT2D eigenvalue weighted by Crippen LogP contribution is 2.47. The Morgan fingerprint density at radius 2 is 1.66 bits per heavy atom. The van der Waals surface area contributed by atoms with Crippen LogP contribution >= 0.6 is 0 Å². The Balaban J connectivity index is 2.06. The van der Waals surface area contributed by atoms with Crippen molar-refractivity contribution in [3.05, 3.63) is 0 Å². The summed E-state index contributed by atoms with van der Waals surface area (Å²) in [6, 6.07) is 0. The summed E-state index contributed by atoms with van der Waals surface area (Å²) in [5.74, 6) is -2.55. The van der Waals surface area contributed by atoms with Crippen LogP contribution in [0, 0.1) is 11.3 Å². The Bertz CT molecular complexity index is 670. The molecular formula is C18H27F4N3O4. The molecule has 0 radical (unpaired) electrons. The molecule has 2 aliphatic rings. The van der Waals surface area contributed by atoms with Crippen LogP contribution in [-0.2, 0) is 14.4 Å². The maximum Gasteiger partial charge on any atom is 0.410 e. The van der Waals surface area contributed by atoms with Crippen molar-refractivity contribution < 1.29 is 36.7 Å². The second kappa shape index (κ2) is 7.64. The fraction of sp³-hybridized carbons (Fsp3) is 0.833. The fourth-order valence-corrected chi connectivity index (χ4v) is 3.47. The molecule has 166 valence electrons. The Morgan fingerprint density at radius 1 is 1.14 bits per heavy atom. The fourth-order valence-electron chi connectivity index (χ4n) is 3.47. The molecule has 0 atom stereocenters. The summed E-state index contributed by atoms with van der Waals surface area (Å²) in [5, 5.41) is 3.23. The van der Waals surface area contributed by atoms with Gasteiger partial charge in [0.1, 0.15) is 16.7 Å². The Morgan fingerprint density at radius 3 is 2.07 bits per heavy atom. The summed E-state index contributed by atoms with van der Waals surface area (Å²) in [7, 11) is 0. The number of alkyl halides is 4. The molecule has 1 amide bonds. The second-order valence-corrected chi connectivity index (χ2v) is 8.95. The van der Waals surface area contributed by atoms with Crippen molar-refractivity contribution in [3.63, 3.8) is 0 Å². The van der Waals surface area contributed by atoms with Gasteiger partial charge < -0.3 is 20.2 Å². The minimum atomic E-state index is -4.76. The number of ether oxygens (including phenoxy) is 1. The molecule has 1 aliphatic carbocycles. The topological polar surface area (TPSA) is 94.2 Å². The normalized spacial score (nSPS) is 27.8. The Hall–Kier alpha value is -2.07. The van der Waals surface area contributed by atoms with Crippen molar-refractivity contribution in [2.45, 2.75) is 70.8 Å². The molecule has 1 heterocycles. The van der Waals surface area contributed by atoms with Crippen LogP contribution in [0.25, 0.3) is 0 Å². The maximum atomic E-state index is 13.8. The average molecular weight is 425 g/mol. The predicted molar refractivity (Wildman–Crippen MR) is 95.5 cm³/mol. The zero-order chi connectivity index (χ0) is 22.3. The number of carbonyl (C=O) groups is 2. The number of amides is 1. The monoisotopic (exact) mass is 425 g/mol. The third-order valence-electron chi connectivity index (χ3n) is 5.21. The van der Waals surface area contributed by atoms with E-state index in [0.717, 1.165) is 0 Å². The molecule has 1 saturated heterocycles. The molecule has 2 fully saturated rings. The summed E-state index contributed by atoms with van der Waals surface area (Å²) in [4.78, 5) is 29.7. The number of hydrogen-bond acceptors (Lipinski definition) is 5. The standard InChI is InChI=1S/C18H27F4N3O4/c1-15(2,3)28-14(27)25-7-5-17(6-8-25,18(20,21)22)13(23)24-29-12(26)11-9-16(4,19)10-11/h11H,5-10H2,1-4H3,(H2,23,24). The lowest BCUT2D eigenvalue weighted by atomic mass is 9.74. The van der Waals surface area contributed by atoms with Crippen molar-refractivity contribution in [2.24, 2.45) is 22.2 Å². The predicted octanol–water partition coefficient (Wildman–Crippen LogP) is 3.52. The second-order valence-electron chi connectivity index (χ2n) is 8.95. The summed E-state index contributed by atoms with van der Waals surface area (Å²) >= 11 is 0. The van der Waals surface area contributed by atoms with Crippen LogP contribution in [0.3, 0.4) is 0 Å². The molecule has 11 heteroatoms. The van der Waals surface area contributed by atoms with E-state index in [2.05, 4.69) is 9.99 Å². The van der Waals surface area contributed by atoms with Crippen LogP contribution in [-0.4, -0.2) is 53.3 Å². The molecule has 0 spiro atoms. The lowest BCUT2D eigenvalue weighted by Crippen LogP contribution is -2.56. The minimum Gasteiger partial charge on any atom is -0.444 e. The Kier molecular flexibility index (Phi) is 6.11. The van der Waals surface area contributed by atoms with E-state index < -0.39 is 59.5 Å². The van der Waals surface area contributed by atoms with Crippen molar-refractivity contribution in [1.82, 2.24) is 4.90 Å². The molecule has 7 nitrogen and oxygen atoms in total. The number of piperidine rings is 1. The van der Waals surface area contributed by atoms with Crippen molar-refractivity contribution >= 4 is 17.9 Å². The molecule has 1 saturated carbocycles. The van der Waals surface area contributed by atoms with Gasteiger partial charge in [0.25, 0.3) is 0 Å². The van der Waals surface area contributed by atoms with Gasteiger partial charge in [-0.1, -0.05) is 5.16 Å². The van der Waals surface area contributed by atoms with E-state index in [9.17, 15) is 27.2 Å². The molecule has 1 aliphatic heterocycles. The molecule has 0 unspecified atom stereocenters. The Labute approximate surface area is 166 Å². The van der Waals surface area contributed by atoms with E-state index in [1.165, 1.54) is 11.8 Å². The summed E-state index contributed by atoms with van der Waals surface area (Å²) in [6.07, 6.45) is -6.72.